The number of para-hydroxylation sites is 1. The van der Waals surface area contributed by atoms with E-state index in [9.17, 15) is 0 Å². The second-order valence-electron chi connectivity index (χ2n) is 4.06. The molecule has 0 spiro atoms. The molecule has 100 valence electrons. The molecule has 2 aromatic rings. The van der Waals surface area contributed by atoms with Crippen LogP contribution in [0.15, 0.2) is 53.7 Å². The first-order valence-corrected chi connectivity index (χ1v) is 6.11. The first-order chi connectivity index (χ1) is 9.83. The summed E-state index contributed by atoms with van der Waals surface area (Å²) in [4.78, 5) is 5.25. The van der Waals surface area contributed by atoms with Crippen LogP contribution in [0.3, 0.4) is 0 Å². The minimum atomic E-state index is 0.332. The van der Waals surface area contributed by atoms with Crippen molar-refractivity contribution in [3.05, 3.63) is 65.2 Å². The number of ether oxygens (including phenoxy) is 1. The maximum absolute atomic E-state index is 8.80. The summed E-state index contributed by atoms with van der Waals surface area (Å²) in [5, 5.41) is 12.7. The van der Waals surface area contributed by atoms with Crippen molar-refractivity contribution in [2.45, 2.75) is 6.61 Å². The molecule has 0 aliphatic carbocycles. The largest absolute Gasteiger partial charge is 0.496 e. The zero-order valence-corrected chi connectivity index (χ0v) is 11.1. The van der Waals surface area contributed by atoms with Gasteiger partial charge in [0.05, 0.1) is 25.0 Å². The Morgan fingerprint density at radius 3 is 2.85 bits per heavy atom. The minimum absolute atomic E-state index is 0.332. The average molecular weight is 266 g/mol. The molecule has 0 amide bonds. The van der Waals surface area contributed by atoms with E-state index in [0.717, 1.165) is 16.9 Å². The molecule has 2 aromatic carbocycles. The normalized spacial score (nSPS) is 10.2. The molecule has 0 bridgehead atoms. The highest BCUT2D eigenvalue weighted by Gasteiger charge is 2.00. The van der Waals surface area contributed by atoms with E-state index in [4.69, 9.17) is 14.8 Å². The third-order valence-electron chi connectivity index (χ3n) is 2.70. The maximum Gasteiger partial charge on any atom is 0.145 e. The van der Waals surface area contributed by atoms with Crippen molar-refractivity contribution in [1.82, 2.24) is 0 Å². The Bertz CT molecular complexity index is 645. The lowest BCUT2D eigenvalue weighted by Crippen LogP contribution is -1.93. The molecule has 0 unspecified atom stereocenters. The van der Waals surface area contributed by atoms with Gasteiger partial charge in [0.1, 0.15) is 12.4 Å². The number of nitrogens with zero attached hydrogens (tertiary/aromatic N) is 2. The number of rotatable bonds is 5. The van der Waals surface area contributed by atoms with Crippen LogP contribution >= 0.6 is 0 Å². The smallest absolute Gasteiger partial charge is 0.145 e. The molecule has 0 saturated heterocycles. The molecule has 20 heavy (non-hydrogen) atoms. The van der Waals surface area contributed by atoms with E-state index in [1.807, 2.05) is 30.3 Å². The molecule has 0 N–H and O–H groups in total. The summed E-state index contributed by atoms with van der Waals surface area (Å²) in [5.41, 5.74) is 2.35. The predicted molar refractivity (Wildman–Crippen MR) is 76.5 cm³/mol. The number of hydrogen-bond acceptors (Lipinski definition) is 4. The number of benzene rings is 2. The van der Waals surface area contributed by atoms with Crippen molar-refractivity contribution in [3.63, 3.8) is 0 Å². The summed E-state index contributed by atoms with van der Waals surface area (Å²) in [5.74, 6) is 0.772. The van der Waals surface area contributed by atoms with E-state index >= 15 is 0 Å². The molecule has 0 saturated carbocycles. The van der Waals surface area contributed by atoms with Crippen molar-refractivity contribution in [2.75, 3.05) is 7.11 Å². The Hall–Kier alpha value is -2.80. The van der Waals surface area contributed by atoms with Crippen molar-refractivity contribution in [1.29, 1.82) is 5.26 Å². The van der Waals surface area contributed by atoms with E-state index in [1.165, 1.54) is 0 Å². The van der Waals surface area contributed by atoms with Gasteiger partial charge in [0.15, 0.2) is 0 Å². The van der Waals surface area contributed by atoms with Crippen LogP contribution in [0.4, 0.5) is 0 Å². The number of methoxy groups -OCH3 is 1. The molecule has 2 rings (SSSR count). The standard InChI is InChI=1S/C16H14N2O2/c1-19-16-8-3-2-7-15(16)12-20-18-11-14-6-4-5-13(9-14)10-17/h2-9,11H,12H2,1H3. The van der Waals surface area contributed by atoms with Crippen molar-refractivity contribution in [2.24, 2.45) is 5.16 Å². The summed E-state index contributed by atoms with van der Waals surface area (Å²) >= 11 is 0. The van der Waals surface area contributed by atoms with Gasteiger partial charge in [0.2, 0.25) is 0 Å². The van der Waals surface area contributed by atoms with Crippen molar-refractivity contribution < 1.29 is 9.57 Å². The van der Waals surface area contributed by atoms with Crippen molar-refractivity contribution in [3.8, 4) is 11.8 Å². The fourth-order valence-electron chi connectivity index (χ4n) is 1.72. The Kier molecular flexibility index (Phi) is 4.74. The molecule has 0 fully saturated rings. The molecule has 4 heteroatoms. The van der Waals surface area contributed by atoms with Crippen LogP contribution in [0, 0.1) is 11.3 Å². The van der Waals surface area contributed by atoms with Gasteiger partial charge in [0.25, 0.3) is 0 Å². The fraction of sp³-hybridized carbons (Fsp3) is 0.125. The zero-order chi connectivity index (χ0) is 14.2. The van der Waals surface area contributed by atoms with Gasteiger partial charge in [-0.1, -0.05) is 35.5 Å². The van der Waals surface area contributed by atoms with E-state index in [2.05, 4.69) is 11.2 Å². The number of oxime groups is 1. The van der Waals surface area contributed by atoms with Gasteiger partial charge in [-0.3, -0.25) is 0 Å². The topological polar surface area (TPSA) is 54.6 Å². The van der Waals surface area contributed by atoms with Crippen LogP contribution in [0.5, 0.6) is 5.75 Å². The number of nitriles is 1. The van der Waals surface area contributed by atoms with Gasteiger partial charge in [-0.2, -0.15) is 5.26 Å². The van der Waals surface area contributed by atoms with E-state index < -0.39 is 0 Å². The number of hydrogen-bond donors (Lipinski definition) is 0. The summed E-state index contributed by atoms with van der Waals surface area (Å²) in [6, 6.07) is 16.8. The van der Waals surface area contributed by atoms with E-state index in [1.54, 1.807) is 31.5 Å². The van der Waals surface area contributed by atoms with Crippen LogP contribution < -0.4 is 4.74 Å². The van der Waals surface area contributed by atoms with Gasteiger partial charge in [0, 0.05) is 5.56 Å². The van der Waals surface area contributed by atoms with Crippen LogP contribution in [0.1, 0.15) is 16.7 Å². The average Bonchev–Trinajstić information content (AvgIpc) is 2.52. The quantitative estimate of drug-likeness (QED) is 0.617. The highest BCUT2D eigenvalue weighted by Crippen LogP contribution is 2.17. The van der Waals surface area contributed by atoms with Crippen LogP contribution in [0.2, 0.25) is 0 Å². The fourth-order valence-corrected chi connectivity index (χ4v) is 1.72. The predicted octanol–water partition coefficient (Wildman–Crippen LogP) is 3.12. The Labute approximate surface area is 117 Å². The molecule has 0 aliphatic heterocycles. The minimum Gasteiger partial charge on any atom is -0.496 e. The first-order valence-electron chi connectivity index (χ1n) is 6.11. The third kappa shape index (κ3) is 3.59. The third-order valence-corrected chi connectivity index (χ3v) is 2.70. The molecule has 0 atom stereocenters. The Balaban J connectivity index is 1.95. The van der Waals surface area contributed by atoms with Gasteiger partial charge in [-0.05, 0) is 23.8 Å². The monoisotopic (exact) mass is 266 g/mol. The van der Waals surface area contributed by atoms with Gasteiger partial charge < -0.3 is 9.57 Å². The van der Waals surface area contributed by atoms with E-state index in [-0.39, 0.29) is 0 Å². The lowest BCUT2D eigenvalue weighted by atomic mass is 10.1. The molecular formula is C16H14N2O2. The summed E-state index contributed by atoms with van der Waals surface area (Å²) < 4.78 is 5.22. The summed E-state index contributed by atoms with van der Waals surface area (Å²) in [6.07, 6.45) is 1.58. The van der Waals surface area contributed by atoms with Gasteiger partial charge in [-0.25, -0.2) is 0 Å². The summed E-state index contributed by atoms with van der Waals surface area (Å²) in [7, 11) is 1.62. The van der Waals surface area contributed by atoms with Gasteiger partial charge >= 0.3 is 0 Å². The molecule has 0 aliphatic rings. The second kappa shape index (κ2) is 6.95. The lowest BCUT2D eigenvalue weighted by molar-refractivity contribution is 0.130. The van der Waals surface area contributed by atoms with Gasteiger partial charge in [-0.15, -0.1) is 0 Å². The molecular weight excluding hydrogens is 252 g/mol. The van der Waals surface area contributed by atoms with Crippen molar-refractivity contribution >= 4 is 6.21 Å². The lowest BCUT2D eigenvalue weighted by Gasteiger charge is -2.06. The SMILES string of the molecule is COc1ccccc1CON=Cc1cccc(C#N)c1. The van der Waals surface area contributed by atoms with E-state index in [0.29, 0.717) is 12.2 Å². The highest BCUT2D eigenvalue weighted by atomic mass is 16.6. The Morgan fingerprint density at radius 1 is 1.20 bits per heavy atom. The first kappa shape index (κ1) is 13.6. The molecule has 0 heterocycles. The molecule has 0 aromatic heterocycles. The van der Waals surface area contributed by atoms with Crippen LogP contribution in [-0.4, -0.2) is 13.3 Å². The Morgan fingerprint density at radius 2 is 2.05 bits per heavy atom. The zero-order valence-electron chi connectivity index (χ0n) is 11.1. The van der Waals surface area contributed by atoms with Crippen LogP contribution in [0.25, 0.3) is 0 Å². The summed E-state index contributed by atoms with van der Waals surface area (Å²) in [6.45, 7) is 0.332. The molecule has 4 nitrogen and oxygen atoms in total. The highest BCUT2D eigenvalue weighted by molar-refractivity contribution is 5.79. The van der Waals surface area contributed by atoms with Crippen LogP contribution in [-0.2, 0) is 11.4 Å². The second-order valence-corrected chi connectivity index (χ2v) is 4.06. The maximum atomic E-state index is 8.80. The molecule has 0 radical (unpaired) electrons.